The molecular weight excluding hydrogens is 250 g/mol. The van der Waals surface area contributed by atoms with Crippen molar-refractivity contribution in [1.82, 2.24) is 5.32 Å². The average molecular weight is 281 g/mol. The predicted molar refractivity (Wildman–Crippen MR) is 80.8 cm³/mol. The predicted octanol–water partition coefficient (Wildman–Crippen LogP) is 3.01. The molecule has 3 saturated carbocycles. The maximum atomic E-state index is 9.83. The van der Waals surface area contributed by atoms with Crippen LogP contribution in [0.4, 0.5) is 0 Å². The fourth-order valence-corrected chi connectivity index (χ4v) is 4.06. The summed E-state index contributed by atoms with van der Waals surface area (Å²) in [5.41, 5.74) is -0.0450. The van der Waals surface area contributed by atoms with Crippen LogP contribution in [0.5, 0.6) is 0 Å². The van der Waals surface area contributed by atoms with Crippen molar-refractivity contribution < 1.29 is 9.84 Å². The molecule has 0 aromatic rings. The molecular formula is C17H31NO2. The first-order chi connectivity index (χ1) is 9.80. The summed E-state index contributed by atoms with van der Waals surface area (Å²) in [4.78, 5) is 0. The van der Waals surface area contributed by atoms with Crippen LogP contribution in [0.25, 0.3) is 0 Å². The van der Waals surface area contributed by atoms with Gasteiger partial charge in [-0.05, 0) is 57.3 Å². The summed E-state index contributed by atoms with van der Waals surface area (Å²) < 4.78 is 6.23. The molecule has 3 aliphatic carbocycles. The lowest BCUT2D eigenvalue weighted by molar-refractivity contribution is -0.0333. The quantitative estimate of drug-likeness (QED) is 0.786. The zero-order valence-corrected chi connectivity index (χ0v) is 12.8. The van der Waals surface area contributed by atoms with Gasteiger partial charge in [-0.2, -0.15) is 0 Å². The lowest BCUT2D eigenvalue weighted by Crippen LogP contribution is -2.54. The summed E-state index contributed by atoms with van der Waals surface area (Å²) in [5.74, 6) is 0.797. The molecule has 0 heterocycles. The Balaban J connectivity index is 1.46. The minimum atomic E-state index is -0.0450. The van der Waals surface area contributed by atoms with E-state index in [9.17, 15) is 5.11 Å². The molecule has 0 radical (unpaired) electrons. The molecule has 0 aromatic heterocycles. The van der Waals surface area contributed by atoms with Crippen molar-refractivity contribution in [3.8, 4) is 0 Å². The van der Waals surface area contributed by atoms with Gasteiger partial charge in [0.2, 0.25) is 0 Å². The Morgan fingerprint density at radius 3 is 2.50 bits per heavy atom. The molecule has 2 unspecified atom stereocenters. The number of hydrogen-bond acceptors (Lipinski definition) is 3. The Labute approximate surface area is 123 Å². The summed E-state index contributed by atoms with van der Waals surface area (Å²) in [6, 6.07) is 0.666. The Morgan fingerprint density at radius 1 is 1.00 bits per heavy atom. The van der Waals surface area contributed by atoms with E-state index in [-0.39, 0.29) is 12.1 Å². The Hall–Kier alpha value is -0.120. The summed E-state index contributed by atoms with van der Waals surface area (Å²) in [7, 11) is 0. The van der Waals surface area contributed by atoms with Crippen molar-refractivity contribution in [3.63, 3.8) is 0 Å². The summed E-state index contributed by atoms with van der Waals surface area (Å²) in [6.07, 6.45) is 14.3. The Morgan fingerprint density at radius 2 is 1.80 bits per heavy atom. The summed E-state index contributed by atoms with van der Waals surface area (Å²) >= 11 is 0. The van der Waals surface area contributed by atoms with E-state index in [0.29, 0.717) is 12.1 Å². The van der Waals surface area contributed by atoms with E-state index in [1.807, 2.05) is 0 Å². The van der Waals surface area contributed by atoms with E-state index in [1.165, 1.54) is 57.8 Å². The third kappa shape index (κ3) is 3.96. The van der Waals surface area contributed by atoms with Crippen LogP contribution >= 0.6 is 0 Å². The maximum absolute atomic E-state index is 9.83. The fourth-order valence-electron chi connectivity index (χ4n) is 4.06. The van der Waals surface area contributed by atoms with Gasteiger partial charge in [0, 0.05) is 18.2 Å². The van der Waals surface area contributed by atoms with E-state index < -0.39 is 0 Å². The zero-order chi connectivity index (χ0) is 13.8. The second-order valence-corrected chi connectivity index (χ2v) is 7.41. The molecule has 0 saturated heterocycles. The fraction of sp³-hybridized carbons (Fsp3) is 1.00. The first-order valence-corrected chi connectivity index (χ1v) is 8.80. The molecule has 3 heteroatoms. The van der Waals surface area contributed by atoms with Gasteiger partial charge in [-0.3, -0.25) is 0 Å². The molecule has 3 nitrogen and oxygen atoms in total. The highest BCUT2D eigenvalue weighted by atomic mass is 16.5. The monoisotopic (exact) mass is 281 g/mol. The normalized spacial score (nSPS) is 36.1. The molecule has 2 N–H and O–H groups in total. The van der Waals surface area contributed by atoms with E-state index >= 15 is 0 Å². The van der Waals surface area contributed by atoms with Crippen molar-refractivity contribution in [2.75, 3.05) is 13.2 Å². The summed E-state index contributed by atoms with van der Waals surface area (Å²) in [5, 5.41) is 13.5. The molecule has 0 aromatic carbocycles. The van der Waals surface area contributed by atoms with E-state index in [2.05, 4.69) is 5.32 Å². The van der Waals surface area contributed by atoms with Crippen molar-refractivity contribution in [3.05, 3.63) is 0 Å². The minimum Gasteiger partial charge on any atom is -0.394 e. The van der Waals surface area contributed by atoms with E-state index in [0.717, 1.165) is 25.4 Å². The topological polar surface area (TPSA) is 41.5 Å². The SMILES string of the molecule is OCC1(NC2CC2)CCCC(OCC2CCCCC2)C1. The van der Waals surface area contributed by atoms with Crippen LogP contribution in [-0.2, 0) is 4.74 Å². The molecule has 0 amide bonds. The van der Waals surface area contributed by atoms with Gasteiger partial charge in [0.05, 0.1) is 12.7 Å². The second-order valence-electron chi connectivity index (χ2n) is 7.41. The molecule has 3 fully saturated rings. The van der Waals surface area contributed by atoms with Crippen LogP contribution in [0.15, 0.2) is 0 Å². The van der Waals surface area contributed by atoms with Crippen LogP contribution in [0.1, 0.15) is 70.6 Å². The van der Waals surface area contributed by atoms with Crippen LogP contribution < -0.4 is 5.32 Å². The largest absolute Gasteiger partial charge is 0.394 e. The highest BCUT2D eigenvalue weighted by Gasteiger charge is 2.40. The summed E-state index contributed by atoms with van der Waals surface area (Å²) in [6.45, 7) is 1.22. The third-order valence-electron chi connectivity index (χ3n) is 5.48. The standard InChI is InChI=1S/C17H31NO2/c19-13-17(18-15-8-9-15)10-4-7-16(11-17)20-12-14-5-2-1-3-6-14/h14-16,18-19H,1-13H2. The van der Waals surface area contributed by atoms with Crippen LogP contribution in [0.2, 0.25) is 0 Å². The number of aliphatic hydroxyl groups excluding tert-OH is 1. The van der Waals surface area contributed by atoms with Crippen LogP contribution in [0.3, 0.4) is 0 Å². The van der Waals surface area contributed by atoms with Gasteiger partial charge in [0.15, 0.2) is 0 Å². The molecule has 3 aliphatic rings. The van der Waals surface area contributed by atoms with Crippen LogP contribution in [-0.4, -0.2) is 36.0 Å². The lowest BCUT2D eigenvalue weighted by Gasteiger charge is -2.41. The van der Waals surface area contributed by atoms with Gasteiger partial charge in [-0.1, -0.05) is 19.3 Å². The van der Waals surface area contributed by atoms with Crippen molar-refractivity contribution >= 4 is 0 Å². The van der Waals surface area contributed by atoms with Crippen molar-refractivity contribution in [1.29, 1.82) is 0 Å². The highest BCUT2D eigenvalue weighted by Crippen LogP contribution is 2.34. The van der Waals surface area contributed by atoms with Gasteiger partial charge < -0.3 is 15.2 Å². The van der Waals surface area contributed by atoms with Gasteiger partial charge >= 0.3 is 0 Å². The van der Waals surface area contributed by atoms with E-state index in [1.54, 1.807) is 0 Å². The molecule has 0 bridgehead atoms. The zero-order valence-electron chi connectivity index (χ0n) is 12.8. The average Bonchev–Trinajstić information content (AvgIpc) is 3.30. The van der Waals surface area contributed by atoms with E-state index in [4.69, 9.17) is 4.74 Å². The Bertz CT molecular complexity index is 299. The van der Waals surface area contributed by atoms with Gasteiger partial charge in [0.1, 0.15) is 0 Å². The molecule has 3 rings (SSSR count). The molecule has 0 spiro atoms. The van der Waals surface area contributed by atoms with Crippen molar-refractivity contribution in [2.45, 2.75) is 88.3 Å². The highest BCUT2D eigenvalue weighted by molar-refractivity contribution is 4.99. The second kappa shape index (κ2) is 6.76. The maximum Gasteiger partial charge on any atom is 0.0614 e. The van der Waals surface area contributed by atoms with Crippen molar-refractivity contribution in [2.24, 2.45) is 5.92 Å². The first-order valence-electron chi connectivity index (χ1n) is 8.80. The number of nitrogens with one attached hydrogen (secondary N) is 1. The third-order valence-corrected chi connectivity index (χ3v) is 5.48. The number of hydrogen-bond donors (Lipinski definition) is 2. The molecule has 20 heavy (non-hydrogen) atoms. The Kier molecular flexibility index (Phi) is 5.00. The number of rotatable bonds is 6. The smallest absolute Gasteiger partial charge is 0.0614 e. The minimum absolute atomic E-state index is 0.0450. The number of aliphatic hydroxyl groups is 1. The molecule has 116 valence electrons. The van der Waals surface area contributed by atoms with Gasteiger partial charge in [-0.15, -0.1) is 0 Å². The molecule has 0 aliphatic heterocycles. The van der Waals surface area contributed by atoms with Crippen LogP contribution in [0, 0.1) is 5.92 Å². The first kappa shape index (κ1) is 14.8. The van der Waals surface area contributed by atoms with Gasteiger partial charge in [-0.25, -0.2) is 0 Å². The lowest BCUT2D eigenvalue weighted by atomic mass is 9.80. The van der Waals surface area contributed by atoms with Gasteiger partial charge in [0.25, 0.3) is 0 Å². The molecule has 2 atom stereocenters. The number of ether oxygens (including phenoxy) is 1.